The third-order valence-electron chi connectivity index (χ3n) is 5.71. The van der Waals surface area contributed by atoms with Crippen LogP contribution in [0.3, 0.4) is 0 Å². The number of nitrogens with one attached hydrogen (secondary N) is 1. The Bertz CT molecular complexity index is 1240. The summed E-state index contributed by atoms with van der Waals surface area (Å²) in [5.41, 5.74) is 1.38. The largest absolute Gasteiger partial charge is 0.494 e. The van der Waals surface area contributed by atoms with Gasteiger partial charge in [-0.1, -0.05) is 6.07 Å². The van der Waals surface area contributed by atoms with Gasteiger partial charge < -0.3 is 14.2 Å². The minimum Gasteiger partial charge on any atom is -0.494 e. The number of hydrogen-bond donors (Lipinski definition) is 1. The van der Waals surface area contributed by atoms with Crippen LogP contribution in [0, 0.1) is 6.92 Å². The van der Waals surface area contributed by atoms with Crippen LogP contribution in [0.4, 0.5) is 5.95 Å². The number of aryl methyl sites for hydroxylation is 1. The minimum atomic E-state index is -4.00. The molecule has 1 aliphatic carbocycles. The minimum absolute atomic E-state index is 0.0382. The average Bonchev–Trinajstić information content (AvgIpc) is 3.60. The van der Waals surface area contributed by atoms with Gasteiger partial charge in [0.15, 0.2) is 5.82 Å². The van der Waals surface area contributed by atoms with Gasteiger partial charge in [-0.3, -0.25) is 9.29 Å². The van der Waals surface area contributed by atoms with Crippen LogP contribution in [-0.4, -0.2) is 59.7 Å². The van der Waals surface area contributed by atoms with Gasteiger partial charge in [-0.05, 0) is 44.4 Å². The van der Waals surface area contributed by atoms with Crippen LogP contribution in [0.2, 0.25) is 0 Å². The van der Waals surface area contributed by atoms with Gasteiger partial charge in [-0.15, -0.1) is 10.2 Å². The summed E-state index contributed by atoms with van der Waals surface area (Å²) < 4.78 is 47.7. The Hall–Kier alpha value is -3.25. The normalized spacial score (nSPS) is 15.6. The van der Waals surface area contributed by atoms with Crippen LogP contribution in [0.25, 0.3) is 5.69 Å². The summed E-state index contributed by atoms with van der Waals surface area (Å²) in [6.07, 6.45) is 4.23. The third kappa shape index (κ3) is 4.55. The fourth-order valence-corrected chi connectivity index (χ4v) is 4.81. The summed E-state index contributed by atoms with van der Waals surface area (Å²) in [5, 5.41) is 7.45. The van der Waals surface area contributed by atoms with Crippen molar-refractivity contribution in [2.45, 2.75) is 44.0 Å². The average molecular weight is 489 g/mol. The van der Waals surface area contributed by atoms with Crippen molar-refractivity contribution >= 4 is 16.0 Å². The molecule has 182 valence electrons. The van der Waals surface area contributed by atoms with Crippen molar-refractivity contribution in [3.05, 3.63) is 47.8 Å². The lowest BCUT2D eigenvalue weighted by Gasteiger charge is -2.23. The number of aromatic nitrogens is 5. The number of anilines is 1. The SMILES string of the molecule is COc1cccc(OC)c1-n1c(NS(=O)(=O)C(C)C(OC)c2ncc(C)cn2)nnc1C1CC1. The van der Waals surface area contributed by atoms with E-state index in [1.807, 2.05) is 6.92 Å². The molecule has 34 heavy (non-hydrogen) atoms. The molecule has 1 N–H and O–H groups in total. The molecule has 2 atom stereocenters. The van der Waals surface area contributed by atoms with Gasteiger partial charge in [0, 0.05) is 25.4 Å². The predicted octanol–water partition coefficient (Wildman–Crippen LogP) is 2.78. The van der Waals surface area contributed by atoms with Gasteiger partial charge in [-0.2, -0.15) is 0 Å². The molecule has 3 aromatic rings. The maximum Gasteiger partial charge on any atom is 0.243 e. The van der Waals surface area contributed by atoms with E-state index < -0.39 is 21.4 Å². The molecule has 0 aliphatic heterocycles. The first kappa shape index (κ1) is 23.9. The molecule has 1 aromatic carbocycles. The second kappa shape index (κ2) is 9.55. The smallest absolute Gasteiger partial charge is 0.243 e. The Morgan fingerprint density at radius 3 is 2.21 bits per heavy atom. The van der Waals surface area contributed by atoms with E-state index in [0.29, 0.717) is 23.0 Å². The van der Waals surface area contributed by atoms with Gasteiger partial charge in [0.1, 0.15) is 34.4 Å². The first-order valence-electron chi connectivity index (χ1n) is 10.8. The summed E-state index contributed by atoms with van der Waals surface area (Å²) in [7, 11) is 0.495. The maximum atomic E-state index is 13.4. The van der Waals surface area contributed by atoms with Crippen LogP contribution < -0.4 is 14.2 Å². The lowest BCUT2D eigenvalue weighted by atomic mass is 10.2. The monoisotopic (exact) mass is 488 g/mol. The standard InChI is InChI=1S/C22H28N6O5S/c1-13-11-23-20(24-12-13)19(33-5)14(2)34(29,30)27-22-26-25-21(15-9-10-15)28(22)18-16(31-3)7-6-8-17(18)32-4/h6-8,11-12,14-15,19H,9-10H2,1-5H3,(H,26,27). The Morgan fingerprint density at radius 2 is 1.68 bits per heavy atom. The van der Waals surface area contributed by atoms with E-state index in [4.69, 9.17) is 14.2 Å². The second-order valence-electron chi connectivity index (χ2n) is 8.13. The van der Waals surface area contributed by atoms with Crippen molar-refractivity contribution in [3.8, 4) is 17.2 Å². The molecule has 2 aromatic heterocycles. The fourth-order valence-electron chi connectivity index (χ4n) is 3.68. The number of methoxy groups -OCH3 is 3. The molecule has 1 saturated carbocycles. The zero-order valence-electron chi connectivity index (χ0n) is 19.7. The number of benzene rings is 1. The highest BCUT2D eigenvalue weighted by molar-refractivity contribution is 7.93. The molecule has 1 aliphatic rings. The highest BCUT2D eigenvalue weighted by Crippen LogP contribution is 2.44. The van der Waals surface area contributed by atoms with Crippen LogP contribution in [0.5, 0.6) is 11.5 Å². The van der Waals surface area contributed by atoms with E-state index in [1.165, 1.54) is 28.3 Å². The Labute approximate surface area is 198 Å². The van der Waals surface area contributed by atoms with Crippen LogP contribution in [0.15, 0.2) is 30.6 Å². The molecule has 12 heteroatoms. The Morgan fingerprint density at radius 1 is 1.06 bits per heavy atom. The van der Waals surface area contributed by atoms with Gasteiger partial charge in [0.2, 0.25) is 16.0 Å². The number of ether oxygens (including phenoxy) is 3. The summed E-state index contributed by atoms with van der Waals surface area (Å²) in [6.45, 7) is 3.38. The van der Waals surface area contributed by atoms with Crippen molar-refractivity contribution < 1.29 is 22.6 Å². The molecule has 0 spiro atoms. The predicted molar refractivity (Wildman–Crippen MR) is 125 cm³/mol. The lowest BCUT2D eigenvalue weighted by Crippen LogP contribution is -2.33. The van der Waals surface area contributed by atoms with Crippen molar-refractivity contribution in [2.75, 3.05) is 26.1 Å². The van der Waals surface area contributed by atoms with Gasteiger partial charge in [0.05, 0.1) is 14.2 Å². The fraction of sp³-hybridized carbons (Fsp3) is 0.455. The van der Waals surface area contributed by atoms with E-state index in [1.54, 1.807) is 35.2 Å². The first-order chi connectivity index (χ1) is 16.3. The van der Waals surface area contributed by atoms with E-state index in [0.717, 1.165) is 18.4 Å². The molecular formula is C22H28N6O5S. The number of hydrogen-bond acceptors (Lipinski definition) is 9. The maximum absolute atomic E-state index is 13.4. The summed E-state index contributed by atoms with van der Waals surface area (Å²) in [5.74, 6) is 2.12. The van der Waals surface area contributed by atoms with E-state index in [-0.39, 0.29) is 17.7 Å². The first-order valence-corrected chi connectivity index (χ1v) is 12.3. The third-order valence-corrected chi connectivity index (χ3v) is 7.41. The molecule has 1 fully saturated rings. The van der Waals surface area contributed by atoms with Gasteiger partial charge >= 0.3 is 0 Å². The summed E-state index contributed by atoms with van der Waals surface area (Å²) >= 11 is 0. The molecular weight excluding hydrogens is 460 g/mol. The Balaban J connectivity index is 1.74. The number of nitrogens with zero attached hydrogens (tertiary/aromatic N) is 5. The highest BCUT2D eigenvalue weighted by atomic mass is 32.2. The molecule has 0 bridgehead atoms. The molecule has 2 unspecified atom stereocenters. The highest BCUT2D eigenvalue weighted by Gasteiger charge is 2.37. The van der Waals surface area contributed by atoms with E-state index in [9.17, 15) is 8.42 Å². The van der Waals surface area contributed by atoms with E-state index >= 15 is 0 Å². The van der Waals surface area contributed by atoms with Crippen LogP contribution >= 0.6 is 0 Å². The van der Waals surface area contributed by atoms with Crippen molar-refractivity contribution in [1.29, 1.82) is 0 Å². The van der Waals surface area contributed by atoms with Crippen LogP contribution in [0.1, 0.15) is 49.0 Å². The van der Waals surface area contributed by atoms with Crippen molar-refractivity contribution in [3.63, 3.8) is 0 Å². The van der Waals surface area contributed by atoms with Gasteiger partial charge in [0.25, 0.3) is 0 Å². The quantitative estimate of drug-likeness (QED) is 0.458. The summed E-state index contributed by atoms with van der Waals surface area (Å²) in [4.78, 5) is 8.49. The van der Waals surface area contributed by atoms with Crippen LogP contribution in [-0.2, 0) is 14.8 Å². The second-order valence-corrected chi connectivity index (χ2v) is 10.2. The number of para-hydroxylation sites is 1. The van der Waals surface area contributed by atoms with Crippen molar-refractivity contribution in [2.24, 2.45) is 0 Å². The molecule has 0 saturated heterocycles. The zero-order chi connectivity index (χ0) is 24.5. The lowest BCUT2D eigenvalue weighted by molar-refractivity contribution is 0.0949. The summed E-state index contributed by atoms with van der Waals surface area (Å²) in [6, 6.07) is 5.33. The molecule has 0 amide bonds. The molecule has 0 radical (unpaired) electrons. The number of sulfonamides is 1. The zero-order valence-corrected chi connectivity index (χ0v) is 20.5. The van der Waals surface area contributed by atoms with Gasteiger partial charge in [-0.25, -0.2) is 18.4 Å². The number of rotatable bonds is 10. The van der Waals surface area contributed by atoms with Crippen molar-refractivity contribution in [1.82, 2.24) is 24.7 Å². The molecule has 2 heterocycles. The topological polar surface area (TPSA) is 130 Å². The molecule has 4 rings (SSSR count). The molecule has 11 nitrogen and oxygen atoms in total. The van der Waals surface area contributed by atoms with E-state index in [2.05, 4.69) is 24.9 Å². The Kier molecular flexibility index (Phi) is 6.71.